The molecule has 2 aliphatic rings. The van der Waals surface area contributed by atoms with Crippen LogP contribution in [0.5, 0.6) is 11.5 Å². The molecule has 2 aromatic carbocycles. The smallest absolute Gasteiger partial charge is 0.164 e. The van der Waals surface area contributed by atoms with Gasteiger partial charge in [0.1, 0.15) is 0 Å². The maximum absolute atomic E-state index is 5.66. The van der Waals surface area contributed by atoms with Crippen molar-refractivity contribution in [2.45, 2.75) is 31.2 Å². The average Bonchev–Trinajstić information content (AvgIpc) is 3.04. The Balaban J connectivity index is 0.00000182. The highest BCUT2D eigenvalue weighted by atomic mass is 35.5. The second-order valence-corrected chi connectivity index (χ2v) is 6.88. The Hall–Kier alpha value is -1.71. The largest absolute Gasteiger partial charge is 0.493 e. The Morgan fingerprint density at radius 1 is 1.04 bits per heavy atom. The van der Waals surface area contributed by atoms with E-state index in [0.29, 0.717) is 17.9 Å². The van der Waals surface area contributed by atoms with Gasteiger partial charge in [-0.25, -0.2) is 0 Å². The van der Waals surface area contributed by atoms with Gasteiger partial charge in [0.25, 0.3) is 0 Å². The summed E-state index contributed by atoms with van der Waals surface area (Å²) >= 11 is 0. The van der Waals surface area contributed by atoms with Crippen LogP contribution in [0.25, 0.3) is 0 Å². The zero-order valence-electron chi connectivity index (χ0n) is 14.8. The van der Waals surface area contributed by atoms with Crippen LogP contribution >= 0.6 is 12.4 Å². The number of nitrogens with one attached hydrogen (secondary N) is 1. The minimum absolute atomic E-state index is 0. The van der Waals surface area contributed by atoms with E-state index in [9.17, 15) is 0 Å². The lowest BCUT2D eigenvalue weighted by molar-refractivity contribution is 0.335. The molecule has 2 aromatic rings. The van der Waals surface area contributed by atoms with Crippen molar-refractivity contribution >= 4 is 12.4 Å². The van der Waals surface area contributed by atoms with Crippen molar-refractivity contribution in [2.24, 2.45) is 5.92 Å². The van der Waals surface area contributed by atoms with Crippen molar-refractivity contribution in [3.63, 3.8) is 0 Å². The molecule has 0 spiro atoms. The molecule has 4 heteroatoms. The summed E-state index contributed by atoms with van der Waals surface area (Å²) < 4.78 is 11.1. The summed E-state index contributed by atoms with van der Waals surface area (Å²) in [6, 6.07) is 15.7. The molecule has 3 nitrogen and oxygen atoms in total. The monoisotopic (exact) mass is 359 g/mol. The molecule has 3 atom stereocenters. The average molecular weight is 360 g/mol. The Kier molecular flexibility index (Phi) is 5.55. The Labute approximate surface area is 156 Å². The van der Waals surface area contributed by atoms with Gasteiger partial charge < -0.3 is 14.8 Å². The minimum Gasteiger partial charge on any atom is -0.493 e. The van der Waals surface area contributed by atoms with Crippen LogP contribution < -0.4 is 14.8 Å². The van der Waals surface area contributed by atoms with Gasteiger partial charge in [-0.2, -0.15) is 0 Å². The van der Waals surface area contributed by atoms with Gasteiger partial charge in [-0.1, -0.05) is 36.4 Å². The lowest BCUT2D eigenvalue weighted by Gasteiger charge is -2.32. The molecule has 3 unspecified atom stereocenters. The summed E-state index contributed by atoms with van der Waals surface area (Å²) in [5.74, 6) is 3.07. The molecular weight excluding hydrogens is 334 g/mol. The van der Waals surface area contributed by atoms with Crippen LogP contribution in [-0.4, -0.2) is 26.8 Å². The standard InChI is InChI=1S/C21H25NO2.ClH/c1-23-20-11-10-15-17(21(20)24-2)9-8-16-18(15)13-22-19(16)12-14-6-4-3-5-7-14;/h3-7,10-11,16,18-19,22H,8-9,12-13H2,1-2H3;1H. The maximum Gasteiger partial charge on any atom is 0.164 e. The van der Waals surface area contributed by atoms with E-state index in [2.05, 4.69) is 47.8 Å². The van der Waals surface area contributed by atoms with E-state index in [4.69, 9.17) is 9.47 Å². The van der Waals surface area contributed by atoms with Crippen molar-refractivity contribution in [3.05, 3.63) is 59.2 Å². The van der Waals surface area contributed by atoms with Crippen LogP contribution in [0.15, 0.2) is 42.5 Å². The molecule has 0 radical (unpaired) electrons. The molecule has 1 aliphatic carbocycles. The van der Waals surface area contributed by atoms with Crippen molar-refractivity contribution in [1.29, 1.82) is 0 Å². The zero-order chi connectivity index (χ0) is 16.5. The quantitative estimate of drug-likeness (QED) is 0.895. The summed E-state index contributed by atoms with van der Waals surface area (Å²) in [5, 5.41) is 3.78. The van der Waals surface area contributed by atoms with Gasteiger partial charge >= 0.3 is 0 Å². The number of rotatable bonds is 4. The molecular formula is C21H26ClNO2. The van der Waals surface area contributed by atoms with Crippen molar-refractivity contribution in [3.8, 4) is 11.5 Å². The first-order valence-corrected chi connectivity index (χ1v) is 8.83. The van der Waals surface area contributed by atoms with Crippen LogP contribution in [0.1, 0.15) is 29.0 Å². The van der Waals surface area contributed by atoms with Gasteiger partial charge in [-0.05, 0) is 42.4 Å². The molecule has 0 bridgehead atoms. The highest BCUT2D eigenvalue weighted by Gasteiger charge is 2.40. The first kappa shape index (κ1) is 18.1. The molecule has 0 aromatic heterocycles. The molecule has 0 saturated carbocycles. The Morgan fingerprint density at radius 2 is 1.84 bits per heavy atom. The van der Waals surface area contributed by atoms with Crippen LogP contribution in [-0.2, 0) is 12.8 Å². The van der Waals surface area contributed by atoms with Gasteiger partial charge in [0.2, 0.25) is 0 Å². The third-order valence-corrected chi connectivity index (χ3v) is 5.74. The second-order valence-electron chi connectivity index (χ2n) is 6.88. The molecule has 25 heavy (non-hydrogen) atoms. The fourth-order valence-electron chi connectivity index (χ4n) is 4.62. The van der Waals surface area contributed by atoms with Gasteiger partial charge in [0.15, 0.2) is 11.5 Å². The fourth-order valence-corrected chi connectivity index (χ4v) is 4.62. The molecule has 1 aliphatic heterocycles. The predicted octanol–water partition coefficient (Wildman–Crippen LogP) is 3.99. The Bertz CT molecular complexity index is 719. The lowest BCUT2D eigenvalue weighted by atomic mass is 9.73. The van der Waals surface area contributed by atoms with Crippen molar-refractivity contribution < 1.29 is 9.47 Å². The van der Waals surface area contributed by atoms with E-state index < -0.39 is 0 Å². The van der Waals surface area contributed by atoms with E-state index >= 15 is 0 Å². The second kappa shape index (κ2) is 7.67. The number of halogens is 1. The Morgan fingerprint density at radius 3 is 2.56 bits per heavy atom. The van der Waals surface area contributed by atoms with Gasteiger partial charge in [-0.3, -0.25) is 0 Å². The summed E-state index contributed by atoms with van der Waals surface area (Å²) in [6.45, 7) is 1.06. The predicted molar refractivity (Wildman–Crippen MR) is 103 cm³/mol. The van der Waals surface area contributed by atoms with Gasteiger partial charge in [-0.15, -0.1) is 12.4 Å². The SMILES string of the molecule is COc1ccc2c(c1OC)CCC1C(Cc3ccccc3)NCC21.Cl. The third-order valence-electron chi connectivity index (χ3n) is 5.74. The molecule has 1 fully saturated rings. The number of benzene rings is 2. The molecule has 134 valence electrons. The van der Waals surface area contributed by atoms with E-state index in [1.807, 2.05) is 0 Å². The number of hydrogen-bond donors (Lipinski definition) is 1. The number of methoxy groups -OCH3 is 2. The van der Waals surface area contributed by atoms with E-state index in [1.54, 1.807) is 14.2 Å². The van der Waals surface area contributed by atoms with Gasteiger partial charge in [0, 0.05) is 24.1 Å². The third kappa shape index (κ3) is 3.23. The van der Waals surface area contributed by atoms with Crippen LogP contribution in [0.4, 0.5) is 0 Å². The lowest BCUT2D eigenvalue weighted by Crippen LogP contribution is -2.31. The fraction of sp³-hybridized carbons (Fsp3) is 0.429. The zero-order valence-corrected chi connectivity index (χ0v) is 15.6. The highest BCUT2D eigenvalue weighted by molar-refractivity contribution is 5.85. The first-order valence-electron chi connectivity index (χ1n) is 8.83. The minimum atomic E-state index is 0. The maximum atomic E-state index is 5.66. The van der Waals surface area contributed by atoms with E-state index in [1.165, 1.54) is 23.1 Å². The summed E-state index contributed by atoms with van der Waals surface area (Å²) in [7, 11) is 3.46. The van der Waals surface area contributed by atoms with Crippen LogP contribution in [0, 0.1) is 5.92 Å². The molecule has 1 saturated heterocycles. The normalized spacial score (nSPS) is 24.0. The number of ether oxygens (including phenoxy) is 2. The van der Waals surface area contributed by atoms with E-state index in [-0.39, 0.29) is 12.4 Å². The molecule has 0 amide bonds. The highest BCUT2D eigenvalue weighted by Crippen LogP contribution is 2.47. The summed E-state index contributed by atoms with van der Waals surface area (Å²) in [5.41, 5.74) is 4.22. The van der Waals surface area contributed by atoms with Crippen LogP contribution in [0.3, 0.4) is 0 Å². The van der Waals surface area contributed by atoms with Crippen molar-refractivity contribution in [2.75, 3.05) is 20.8 Å². The molecule has 1 N–H and O–H groups in total. The number of fused-ring (bicyclic) bond motifs is 3. The van der Waals surface area contributed by atoms with Crippen LogP contribution in [0.2, 0.25) is 0 Å². The van der Waals surface area contributed by atoms with E-state index in [0.717, 1.165) is 30.9 Å². The summed E-state index contributed by atoms with van der Waals surface area (Å²) in [4.78, 5) is 0. The van der Waals surface area contributed by atoms with Gasteiger partial charge in [0.05, 0.1) is 14.2 Å². The first-order chi connectivity index (χ1) is 11.8. The topological polar surface area (TPSA) is 30.5 Å². The molecule has 1 heterocycles. The number of hydrogen-bond acceptors (Lipinski definition) is 3. The summed E-state index contributed by atoms with van der Waals surface area (Å²) in [6.07, 6.45) is 3.40. The van der Waals surface area contributed by atoms with Crippen molar-refractivity contribution in [1.82, 2.24) is 5.32 Å². The molecule has 4 rings (SSSR count).